The predicted molar refractivity (Wildman–Crippen MR) is 117 cm³/mol. The molecule has 0 saturated heterocycles. The maximum absolute atomic E-state index is 13.0. The summed E-state index contributed by atoms with van der Waals surface area (Å²) in [5.41, 5.74) is 4.83. The van der Waals surface area contributed by atoms with Crippen LogP contribution in [0.25, 0.3) is 16.9 Å². The number of carbonyl (C=O) groups is 1. The van der Waals surface area contributed by atoms with Crippen LogP contribution in [0.2, 0.25) is 0 Å². The SMILES string of the molecule is Cc1ccc(-c2cc(C(=O)N[C@@H](C)C(C)C)n(-c3ccc([N+](=O)[O-])cc3)n2)cc1C. The number of aryl methyl sites for hydroxylation is 2. The van der Waals surface area contributed by atoms with E-state index in [2.05, 4.69) is 10.4 Å². The number of aromatic nitrogens is 2. The number of nitro groups is 1. The van der Waals surface area contributed by atoms with Crippen molar-refractivity contribution in [3.8, 4) is 16.9 Å². The summed E-state index contributed by atoms with van der Waals surface area (Å²) < 4.78 is 1.54. The molecule has 0 aliphatic carbocycles. The zero-order valence-corrected chi connectivity index (χ0v) is 17.8. The van der Waals surface area contributed by atoms with Gasteiger partial charge in [-0.1, -0.05) is 26.0 Å². The van der Waals surface area contributed by atoms with Gasteiger partial charge in [0.2, 0.25) is 0 Å². The van der Waals surface area contributed by atoms with Crippen molar-refractivity contribution in [2.45, 2.75) is 40.7 Å². The Morgan fingerprint density at radius 3 is 2.27 bits per heavy atom. The number of hydrogen-bond donors (Lipinski definition) is 1. The van der Waals surface area contributed by atoms with Crippen molar-refractivity contribution in [2.24, 2.45) is 5.92 Å². The van der Waals surface area contributed by atoms with Gasteiger partial charge < -0.3 is 5.32 Å². The smallest absolute Gasteiger partial charge is 0.270 e. The Labute approximate surface area is 175 Å². The van der Waals surface area contributed by atoms with E-state index < -0.39 is 4.92 Å². The molecular formula is C23H26N4O3. The van der Waals surface area contributed by atoms with E-state index in [1.165, 1.54) is 22.4 Å². The highest BCUT2D eigenvalue weighted by molar-refractivity contribution is 5.94. The van der Waals surface area contributed by atoms with Crippen molar-refractivity contribution in [1.82, 2.24) is 15.1 Å². The molecule has 7 nitrogen and oxygen atoms in total. The van der Waals surface area contributed by atoms with Gasteiger partial charge in [0, 0.05) is 23.7 Å². The molecule has 0 fully saturated rings. The predicted octanol–water partition coefficient (Wildman–Crippen LogP) is 4.84. The summed E-state index contributed by atoms with van der Waals surface area (Å²) in [5.74, 6) is 0.0426. The number of non-ortho nitro benzene ring substituents is 1. The number of rotatable bonds is 6. The fourth-order valence-electron chi connectivity index (χ4n) is 2.94. The largest absolute Gasteiger partial charge is 0.348 e. The van der Waals surface area contributed by atoms with Gasteiger partial charge in [0.25, 0.3) is 11.6 Å². The molecule has 1 amide bonds. The van der Waals surface area contributed by atoms with Crippen LogP contribution >= 0.6 is 0 Å². The lowest BCUT2D eigenvalue weighted by molar-refractivity contribution is -0.384. The zero-order chi connectivity index (χ0) is 22.0. The Bertz CT molecular complexity index is 1080. The third kappa shape index (κ3) is 4.40. The highest BCUT2D eigenvalue weighted by Gasteiger charge is 2.21. The zero-order valence-electron chi connectivity index (χ0n) is 17.8. The number of nitro benzene ring substituents is 1. The van der Waals surface area contributed by atoms with E-state index in [1.807, 2.05) is 52.8 Å². The van der Waals surface area contributed by atoms with Crippen LogP contribution in [-0.4, -0.2) is 26.7 Å². The molecule has 156 valence electrons. The standard InChI is InChI=1S/C23H26N4O3/c1-14(2)17(5)24-23(28)22-13-21(18-7-6-15(3)16(4)12-18)25-26(22)19-8-10-20(11-9-19)27(29)30/h6-14,17H,1-5H3,(H,24,28)/t17-/m0/s1. The van der Waals surface area contributed by atoms with Gasteiger partial charge in [-0.25, -0.2) is 4.68 Å². The van der Waals surface area contributed by atoms with Gasteiger partial charge in [-0.2, -0.15) is 5.10 Å². The summed E-state index contributed by atoms with van der Waals surface area (Å²) in [6.45, 7) is 10.1. The lowest BCUT2D eigenvalue weighted by atomic mass is 10.0. The number of amides is 1. The molecule has 1 atom stereocenters. The van der Waals surface area contributed by atoms with E-state index in [1.54, 1.807) is 18.2 Å². The summed E-state index contributed by atoms with van der Waals surface area (Å²) >= 11 is 0. The molecule has 1 N–H and O–H groups in total. The van der Waals surface area contributed by atoms with Gasteiger partial charge in [0.15, 0.2) is 0 Å². The second-order valence-electron chi connectivity index (χ2n) is 7.91. The van der Waals surface area contributed by atoms with E-state index in [9.17, 15) is 14.9 Å². The van der Waals surface area contributed by atoms with Crippen LogP contribution in [0.3, 0.4) is 0 Å². The van der Waals surface area contributed by atoms with E-state index in [0.717, 1.165) is 11.1 Å². The molecule has 3 rings (SSSR count). The minimum atomic E-state index is -0.453. The molecule has 0 bridgehead atoms. The Morgan fingerprint density at radius 2 is 1.70 bits per heavy atom. The molecule has 1 aromatic heterocycles. The van der Waals surface area contributed by atoms with Crippen LogP contribution in [0, 0.1) is 29.9 Å². The second kappa shape index (κ2) is 8.49. The Kier molecular flexibility index (Phi) is 6.01. The maximum Gasteiger partial charge on any atom is 0.270 e. The molecule has 0 radical (unpaired) electrons. The summed E-state index contributed by atoms with van der Waals surface area (Å²) in [5, 5.41) is 18.6. The van der Waals surface area contributed by atoms with Crippen LogP contribution in [-0.2, 0) is 0 Å². The van der Waals surface area contributed by atoms with Crippen molar-refractivity contribution in [3.63, 3.8) is 0 Å². The fourth-order valence-corrected chi connectivity index (χ4v) is 2.94. The van der Waals surface area contributed by atoms with Gasteiger partial charge in [0.05, 0.1) is 16.3 Å². The molecule has 0 spiro atoms. The first-order valence-electron chi connectivity index (χ1n) is 9.90. The number of carbonyl (C=O) groups excluding carboxylic acids is 1. The highest BCUT2D eigenvalue weighted by Crippen LogP contribution is 2.25. The maximum atomic E-state index is 13.0. The van der Waals surface area contributed by atoms with Gasteiger partial charge in [-0.15, -0.1) is 0 Å². The van der Waals surface area contributed by atoms with E-state index in [0.29, 0.717) is 17.1 Å². The van der Waals surface area contributed by atoms with Crippen molar-refractivity contribution in [2.75, 3.05) is 0 Å². The summed E-state index contributed by atoms with van der Waals surface area (Å²) in [4.78, 5) is 23.5. The first kappa shape index (κ1) is 21.2. The van der Waals surface area contributed by atoms with Gasteiger partial charge in [-0.3, -0.25) is 14.9 Å². The number of hydrogen-bond acceptors (Lipinski definition) is 4. The summed E-state index contributed by atoms with van der Waals surface area (Å²) in [6.07, 6.45) is 0. The summed E-state index contributed by atoms with van der Waals surface area (Å²) in [6, 6.07) is 13.8. The molecule has 0 aliphatic rings. The lowest BCUT2D eigenvalue weighted by Crippen LogP contribution is -2.37. The molecule has 0 saturated carbocycles. The molecule has 7 heteroatoms. The first-order chi connectivity index (χ1) is 14.2. The second-order valence-corrected chi connectivity index (χ2v) is 7.91. The van der Waals surface area contributed by atoms with Gasteiger partial charge in [-0.05, 0) is 62.1 Å². The minimum Gasteiger partial charge on any atom is -0.348 e. The molecule has 30 heavy (non-hydrogen) atoms. The Balaban J connectivity index is 2.08. The topological polar surface area (TPSA) is 90.1 Å². The highest BCUT2D eigenvalue weighted by atomic mass is 16.6. The minimum absolute atomic E-state index is 0.0113. The third-order valence-electron chi connectivity index (χ3n) is 5.41. The van der Waals surface area contributed by atoms with Gasteiger partial charge >= 0.3 is 0 Å². The fraction of sp³-hybridized carbons (Fsp3) is 0.304. The van der Waals surface area contributed by atoms with Crippen molar-refractivity contribution >= 4 is 11.6 Å². The van der Waals surface area contributed by atoms with Crippen molar-refractivity contribution in [3.05, 3.63) is 75.5 Å². The normalized spacial score (nSPS) is 12.1. The van der Waals surface area contributed by atoms with Crippen LogP contribution in [0.15, 0.2) is 48.5 Å². The Morgan fingerprint density at radius 1 is 1.03 bits per heavy atom. The Hall–Kier alpha value is -3.48. The first-order valence-corrected chi connectivity index (χ1v) is 9.90. The molecular weight excluding hydrogens is 380 g/mol. The number of nitrogens with one attached hydrogen (secondary N) is 1. The molecule has 2 aromatic carbocycles. The van der Waals surface area contributed by atoms with E-state index >= 15 is 0 Å². The quantitative estimate of drug-likeness (QED) is 0.468. The summed E-state index contributed by atoms with van der Waals surface area (Å²) in [7, 11) is 0. The number of nitrogens with zero attached hydrogens (tertiary/aromatic N) is 3. The van der Waals surface area contributed by atoms with Crippen LogP contribution in [0.5, 0.6) is 0 Å². The van der Waals surface area contributed by atoms with Crippen LogP contribution in [0.1, 0.15) is 42.4 Å². The molecule has 3 aromatic rings. The van der Waals surface area contributed by atoms with Crippen molar-refractivity contribution in [1.29, 1.82) is 0 Å². The lowest BCUT2D eigenvalue weighted by Gasteiger charge is -2.17. The van der Waals surface area contributed by atoms with Crippen LogP contribution in [0.4, 0.5) is 5.69 Å². The van der Waals surface area contributed by atoms with E-state index in [4.69, 9.17) is 0 Å². The average Bonchev–Trinajstić information content (AvgIpc) is 3.15. The molecule has 0 unspecified atom stereocenters. The third-order valence-corrected chi connectivity index (χ3v) is 5.41. The van der Waals surface area contributed by atoms with Crippen molar-refractivity contribution < 1.29 is 9.72 Å². The average molecular weight is 406 g/mol. The number of benzene rings is 2. The van der Waals surface area contributed by atoms with E-state index in [-0.39, 0.29) is 23.6 Å². The monoisotopic (exact) mass is 406 g/mol. The van der Waals surface area contributed by atoms with Crippen LogP contribution < -0.4 is 5.32 Å². The molecule has 1 heterocycles. The molecule has 0 aliphatic heterocycles. The van der Waals surface area contributed by atoms with Gasteiger partial charge in [0.1, 0.15) is 5.69 Å².